The van der Waals surface area contributed by atoms with Crippen molar-refractivity contribution in [2.45, 2.75) is 6.92 Å². The second kappa shape index (κ2) is 3.03. The Bertz CT molecular complexity index is 244. The monoisotopic (exact) mass is 153 g/mol. The first kappa shape index (κ1) is 8.23. The second-order valence-corrected chi connectivity index (χ2v) is 2.42. The van der Waals surface area contributed by atoms with E-state index in [1.807, 2.05) is 0 Å². The molecule has 58 valence electrons. The van der Waals surface area contributed by atoms with E-state index in [-0.39, 0.29) is 5.46 Å². The first-order valence-corrected chi connectivity index (χ1v) is 3.31. The van der Waals surface area contributed by atoms with Crippen molar-refractivity contribution in [1.82, 2.24) is 0 Å². The van der Waals surface area contributed by atoms with E-state index in [0.29, 0.717) is 5.56 Å². The molecule has 0 saturated carbocycles. The number of hydrogen-bond donors (Lipinski definition) is 2. The summed E-state index contributed by atoms with van der Waals surface area (Å²) in [7, 11) is -1.23. The summed E-state index contributed by atoms with van der Waals surface area (Å²) in [6.07, 6.45) is 0. The summed E-state index contributed by atoms with van der Waals surface area (Å²) < 4.78 is 12.9. The third-order valence-electron chi connectivity index (χ3n) is 1.57. The average molecular weight is 153 g/mol. The van der Waals surface area contributed by atoms with Gasteiger partial charge in [0.1, 0.15) is 5.82 Å². The summed E-state index contributed by atoms with van der Waals surface area (Å²) >= 11 is 0. The fourth-order valence-corrected chi connectivity index (χ4v) is 1.02. The summed E-state index contributed by atoms with van der Waals surface area (Å²) in [6.45, 7) is 1.70. The highest BCUT2D eigenvalue weighted by molar-refractivity contribution is 6.63. The molecule has 4 heteroatoms. The Morgan fingerprint density at radius 1 is 1.55 bits per heavy atom. The molecule has 0 aliphatic rings. The molecule has 0 aliphatic heterocycles. The number of benzene rings is 1. The van der Waals surface area contributed by atoms with Crippen LogP contribution < -0.4 is 11.1 Å². The van der Waals surface area contributed by atoms with E-state index in [4.69, 9.17) is 10.7 Å². The van der Waals surface area contributed by atoms with Crippen LogP contribution in [0.2, 0.25) is 0 Å². The lowest BCUT2D eigenvalue weighted by Crippen LogP contribution is -2.43. The molecule has 0 aliphatic carbocycles. The lowest BCUT2D eigenvalue weighted by Gasteiger charge is -2.05. The van der Waals surface area contributed by atoms with E-state index in [1.54, 1.807) is 19.1 Å². The molecule has 0 spiro atoms. The zero-order chi connectivity index (χ0) is 8.43. The third-order valence-corrected chi connectivity index (χ3v) is 1.57. The molecule has 0 unspecified atom stereocenters. The maximum absolute atomic E-state index is 12.9. The van der Waals surface area contributed by atoms with E-state index in [2.05, 4.69) is 0 Å². The predicted molar refractivity (Wildman–Crippen MR) is 42.9 cm³/mol. The number of nitrogens with two attached hydrogens (primary N) is 1. The van der Waals surface area contributed by atoms with Crippen LogP contribution in [0.5, 0.6) is 0 Å². The maximum atomic E-state index is 12.9. The molecular weight excluding hydrogens is 144 g/mol. The highest BCUT2D eigenvalue weighted by Gasteiger charge is 2.15. The van der Waals surface area contributed by atoms with Crippen LogP contribution in [0.25, 0.3) is 0 Å². The van der Waals surface area contributed by atoms with Crippen molar-refractivity contribution >= 4 is 12.5 Å². The topological polar surface area (TPSA) is 46.2 Å². The Hall–Kier alpha value is -0.865. The van der Waals surface area contributed by atoms with Gasteiger partial charge in [0.15, 0.2) is 0 Å². The normalized spacial score (nSPS) is 9.82. The minimum Gasteiger partial charge on any atom is -0.434 e. The van der Waals surface area contributed by atoms with Gasteiger partial charge in [0.25, 0.3) is 0 Å². The van der Waals surface area contributed by atoms with E-state index >= 15 is 0 Å². The molecule has 1 aromatic carbocycles. The van der Waals surface area contributed by atoms with Gasteiger partial charge in [0, 0.05) is 5.46 Å². The standard InChI is InChI=1S/C7H9BFNO/c1-5-3-2-4-6(9)7(5)8(10)11/h2-4,11H,10H2,1H3. The lowest BCUT2D eigenvalue weighted by molar-refractivity contribution is 0.578. The molecule has 0 radical (unpaired) electrons. The minimum absolute atomic E-state index is 0.174. The number of halogens is 1. The van der Waals surface area contributed by atoms with Crippen LogP contribution in [0, 0.1) is 12.7 Å². The summed E-state index contributed by atoms with van der Waals surface area (Å²) in [4.78, 5) is 0. The van der Waals surface area contributed by atoms with Gasteiger partial charge < -0.3 is 10.7 Å². The number of aryl methyl sites for hydroxylation is 1. The van der Waals surface area contributed by atoms with Gasteiger partial charge in [-0.2, -0.15) is 0 Å². The van der Waals surface area contributed by atoms with E-state index in [0.717, 1.165) is 0 Å². The quantitative estimate of drug-likeness (QED) is 0.548. The van der Waals surface area contributed by atoms with Crippen molar-refractivity contribution in [2.75, 3.05) is 0 Å². The highest BCUT2D eigenvalue weighted by Crippen LogP contribution is 1.98. The molecule has 0 saturated heterocycles. The van der Waals surface area contributed by atoms with Gasteiger partial charge in [0.2, 0.25) is 0 Å². The van der Waals surface area contributed by atoms with Gasteiger partial charge in [-0.15, -0.1) is 0 Å². The Labute approximate surface area is 65.0 Å². The Morgan fingerprint density at radius 3 is 2.55 bits per heavy atom. The molecule has 2 nitrogen and oxygen atoms in total. The van der Waals surface area contributed by atoms with Gasteiger partial charge in [0.05, 0.1) is 0 Å². The van der Waals surface area contributed by atoms with Crippen molar-refractivity contribution in [3.8, 4) is 0 Å². The van der Waals surface area contributed by atoms with Crippen molar-refractivity contribution < 1.29 is 9.41 Å². The fourth-order valence-electron chi connectivity index (χ4n) is 1.02. The van der Waals surface area contributed by atoms with Gasteiger partial charge in [-0.1, -0.05) is 12.1 Å². The van der Waals surface area contributed by atoms with Crippen LogP contribution in [0.15, 0.2) is 18.2 Å². The molecule has 1 aromatic rings. The van der Waals surface area contributed by atoms with Crippen LogP contribution in [-0.2, 0) is 0 Å². The van der Waals surface area contributed by atoms with Crippen LogP contribution >= 0.6 is 0 Å². The van der Waals surface area contributed by atoms with Crippen molar-refractivity contribution in [3.05, 3.63) is 29.6 Å². The fraction of sp³-hybridized carbons (Fsp3) is 0.143. The first-order valence-electron chi connectivity index (χ1n) is 3.31. The van der Waals surface area contributed by atoms with Gasteiger partial charge in [-0.25, -0.2) is 4.39 Å². The number of rotatable bonds is 1. The molecule has 1 rings (SSSR count). The summed E-state index contributed by atoms with van der Waals surface area (Å²) in [5, 5.41) is 8.92. The van der Waals surface area contributed by atoms with Crippen LogP contribution in [0.1, 0.15) is 5.56 Å². The lowest BCUT2D eigenvalue weighted by atomic mass is 9.73. The average Bonchev–Trinajstić information content (AvgIpc) is 1.85. The third kappa shape index (κ3) is 1.58. The largest absolute Gasteiger partial charge is 0.434 e. The van der Waals surface area contributed by atoms with Crippen molar-refractivity contribution in [3.63, 3.8) is 0 Å². The van der Waals surface area contributed by atoms with Gasteiger partial charge in [-0.3, -0.25) is 0 Å². The van der Waals surface area contributed by atoms with Gasteiger partial charge in [-0.05, 0) is 18.6 Å². The van der Waals surface area contributed by atoms with Crippen LogP contribution in [0.3, 0.4) is 0 Å². The van der Waals surface area contributed by atoms with Gasteiger partial charge >= 0.3 is 7.05 Å². The molecular formula is C7H9BFNO. The molecule has 11 heavy (non-hydrogen) atoms. The molecule has 0 fully saturated rings. The predicted octanol–water partition coefficient (Wildman–Crippen LogP) is -0.220. The second-order valence-electron chi connectivity index (χ2n) is 2.42. The molecule has 0 amide bonds. The van der Waals surface area contributed by atoms with Crippen molar-refractivity contribution in [2.24, 2.45) is 5.64 Å². The Kier molecular flexibility index (Phi) is 2.26. The van der Waals surface area contributed by atoms with E-state index in [9.17, 15) is 4.39 Å². The molecule has 0 heterocycles. The molecule has 0 aromatic heterocycles. The smallest absolute Gasteiger partial charge is 0.413 e. The zero-order valence-electron chi connectivity index (χ0n) is 6.21. The molecule has 3 N–H and O–H groups in total. The van der Waals surface area contributed by atoms with Crippen molar-refractivity contribution in [1.29, 1.82) is 0 Å². The number of hydrogen-bond acceptors (Lipinski definition) is 2. The summed E-state index contributed by atoms with van der Waals surface area (Å²) in [5.74, 6) is -0.458. The SMILES string of the molecule is Cc1cccc(F)c1B(N)O. The van der Waals surface area contributed by atoms with E-state index in [1.165, 1.54) is 6.07 Å². The van der Waals surface area contributed by atoms with Crippen LogP contribution in [-0.4, -0.2) is 12.1 Å². The zero-order valence-corrected chi connectivity index (χ0v) is 6.21. The van der Waals surface area contributed by atoms with E-state index < -0.39 is 12.9 Å². The highest BCUT2D eigenvalue weighted by atomic mass is 19.1. The van der Waals surface area contributed by atoms with Crippen LogP contribution in [0.4, 0.5) is 4.39 Å². The minimum atomic E-state index is -1.23. The first-order chi connectivity index (χ1) is 5.13. The summed E-state index contributed by atoms with van der Waals surface area (Å²) in [6, 6.07) is 4.56. The maximum Gasteiger partial charge on any atom is 0.413 e. The summed E-state index contributed by atoms with van der Waals surface area (Å²) in [5.41, 5.74) is 5.97. The molecule has 0 atom stereocenters. The molecule has 0 bridgehead atoms. The Morgan fingerprint density at radius 2 is 2.18 bits per heavy atom. The Balaban J connectivity index is 3.21.